The fourth-order valence-corrected chi connectivity index (χ4v) is 2.40. The van der Waals surface area contributed by atoms with E-state index in [4.69, 9.17) is 16.0 Å². The van der Waals surface area contributed by atoms with Crippen LogP contribution < -0.4 is 0 Å². The molecule has 0 bridgehead atoms. The van der Waals surface area contributed by atoms with Crippen LogP contribution in [0.3, 0.4) is 0 Å². The van der Waals surface area contributed by atoms with Crippen molar-refractivity contribution in [3.8, 4) is 0 Å². The first-order chi connectivity index (χ1) is 4.95. The lowest BCUT2D eigenvalue weighted by Crippen LogP contribution is -2.26. The topological polar surface area (TPSA) is 9.23 Å². The third-order valence-corrected chi connectivity index (χ3v) is 3.70. The van der Waals surface area contributed by atoms with Gasteiger partial charge in [0.25, 0.3) is 0 Å². The Balaban J connectivity index is 3.38. The van der Waals surface area contributed by atoms with E-state index in [1.54, 1.807) is 0 Å². The molecule has 0 rings (SSSR count). The molecule has 0 aromatic heterocycles. The van der Waals surface area contributed by atoms with Crippen LogP contribution in [0.15, 0.2) is 0 Å². The van der Waals surface area contributed by atoms with Crippen LogP contribution in [0.5, 0.6) is 0 Å². The molecule has 0 saturated heterocycles. The minimum Gasteiger partial charge on any atom is -0.418 e. The monoisotopic (exact) mass is 194 g/mol. The number of halogens is 1. The molecule has 0 amide bonds. The smallest absolute Gasteiger partial charge is 0.179 e. The lowest BCUT2D eigenvalue weighted by atomic mass is 10.2. The molecule has 1 nitrogen and oxygen atoms in total. The maximum Gasteiger partial charge on any atom is 0.179 e. The zero-order chi connectivity index (χ0) is 8.91. The summed E-state index contributed by atoms with van der Waals surface area (Å²) in [6.45, 7) is 8.39. The summed E-state index contributed by atoms with van der Waals surface area (Å²) in [7, 11) is -0.514. The molecule has 11 heavy (non-hydrogen) atoms. The summed E-state index contributed by atoms with van der Waals surface area (Å²) in [5.74, 6) is 0. The van der Waals surface area contributed by atoms with E-state index < -0.39 is 9.76 Å². The molecule has 0 N–H and O–H groups in total. The lowest BCUT2D eigenvalue weighted by Gasteiger charge is -2.21. The second-order valence-electron chi connectivity index (χ2n) is 3.81. The van der Waals surface area contributed by atoms with Crippen molar-refractivity contribution >= 4 is 21.4 Å². The van der Waals surface area contributed by atoms with Crippen LogP contribution in [0.1, 0.15) is 40.5 Å². The summed E-state index contributed by atoms with van der Waals surface area (Å²) >= 11 is 6.02. The molecular weight excluding hydrogens is 176 g/mol. The highest BCUT2D eigenvalue weighted by Crippen LogP contribution is 2.10. The Morgan fingerprint density at radius 3 is 2.36 bits per heavy atom. The van der Waals surface area contributed by atoms with E-state index in [1.165, 1.54) is 0 Å². The van der Waals surface area contributed by atoms with Crippen molar-refractivity contribution in [1.29, 1.82) is 0 Å². The number of alkyl halides is 1. The fraction of sp³-hybridized carbons (Fsp3) is 1.00. The van der Waals surface area contributed by atoms with Gasteiger partial charge in [-0.25, -0.2) is 0 Å². The number of hydrogen-bond donors (Lipinski definition) is 0. The van der Waals surface area contributed by atoms with Gasteiger partial charge < -0.3 is 4.43 Å². The fourth-order valence-electron chi connectivity index (χ4n) is 0.737. The van der Waals surface area contributed by atoms with Gasteiger partial charge in [-0.05, 0) is 27.2 Å². The van der Waals surface area contributed by atoms with Gasteiger partial charge in [0, 0.05) is 10.6 Å². The Labute approximate surface area is 77.4 Å². The third-order valence-electron chi connectivity index (χ3n) is 1.30. The zero-order valence-corrected chi connectivity index (χ0v) is 10.2. The quantitative estimate of drug-likeness (QED) is 0.493. The first-order valence-electron chi connectivity index (χ1n) is 4.23. The van der Waals surface area contributed by atoms with Crippen molar-refractivity contribution in [3.63, 3.8) is 0 Å². The van der Waals surface area contributed by atoms with Crippen LogP contribution in [0.25, 0.3) is 0 Å². The van der Waals surface area contributed by atoms with E-state index in [-0.39, 0.29) is 5.60 Å². The maximum absolute atomic E-state index is 6.02. The van der Waals surface area contributed by atoms with Crippen molar-refractivity contribution < 1.29 is 4.43 Å². The molecule has 0 aliphatic rings. The van der Waals surface area contributed by atoms with Gasteiger partial charge in [0.15, 0.2) is 9.76 Å². The number of hydrogen-bond acceptors (Lipinski definition) is 1. The minimum absolute atomic E-state index is 0.00705. The molecule has 0 fully saturated rings. The molecule has 0 aromatic rings. The highest BCUT2D eigenvalue weighted by molar-refractivity contribution is 6.48. The van der Waals surface area contributed by atoms with Gasteiger partial charge in [-0.2, -0.15) is 0 Å². The van der Waals surface area contributed by atoms with Crippen molar-refractivity contribution in [3.05, 3.63) is 0 Å². The molecule has 1 unspecified atom stereocenters. The first kappa shape index (κ1) is 11.5. The van der Waals surface area contributed by atoms with E-state index in [1.807, 2.05) is 0 Å². The summed E-state index contributed by atoms with van der Waals surface area (Å²) in [4.78, 5) is 0. The summed E-state index contributed by atoms with van der Waals surface area (Å²) in [5, 5.41) is 0.319. The molecule has 0 radical (unpaired) electrons. The Morgan fingerprint density at radius 2 is 2.00 bits per heavy atom. The van der Waals surface area contributed by atoms with Gasteiger partial charge in [0.05, 0.1) is 0 Å². The highest BCUT2D eigenvalue weighted by atomic mass is 35.5. The van der Waals surface area contributed by atoms with Crippen LogP contribution >= 0.6 is 11.6 Å². The molecule has 0 aliphatic carbocycles. The maximum atomic E-state index is 6.02. The Morgan fingerprint density at radius 1 is 1.45 bits per heavy atom. The summed E-state index contributed by atoms with van der Waals surface area (Å²) in [6.07, 6.45) is 2.26. The molecule has 0 aliphatic heterocycles. The summed E-state index contributed by atoms with van der Waals surface area (Å²) < 4.78 is 5.65. The standard InChI is InChI=1S/C8H19ClOSi/c1-5-6-7(9)11-10-8(2,3)4/h7H,5-6,11H2,1-4H3. The second-order valence-corrected chi connectivity index (χ2v) is 6.55. The molecule has 68 valence electrons. The molecule has 0 aromatic carbocycles. The summed E-state index contributed by atoms with van der Waals surface area (Å²) in [5.41, 5.74) is 0.00705. The molecule has 1 atom stereocenters. The highest BCUT2D eigenvalue weighted by Gasteiger charge is 2.13. The van der Waals surface area contributed by atoms with Crippen LogP contribution in [0, 0.1) is 0 Å². The SMILES string of the molecule is CCCC(Cl)[SiH2]OC(C)(C)C. The predicted molar refractivity (Wildman–Crippen MR) is 53.9 cm³/mol. The van der Waals surface area contributed by atoms with E-state index in [0.717, 1.165) is 12.8 Å². The van der Waals surface area contributed by atoms with Gasteiger partial charge in [-0.3, -0.25) is 0 Å². The van der Waals surface area contributed by atoms with Gasteiger partial charge in [-0.15, -0.1) is 11.6 Å². The minimum atomic E-state index is -0.514. The zero-order valence-electron chi connectivity index (χ0n) is 7.98. The molecule has 0 spiro atoms. The van der Waals surface area contributed by atoms with Crippen LogP contribution in [-0.2, 0) is 4.43 Å². The van der Waals surface area contributed by atoms with Gasteiger partial charge in [0.2, 0.25) is 0 Å². The van der Waals surface area contributed by atoms with Gasteiger partial charge in [-0.1, -0.05) is 13.3 Å². The first-order valence-corrected chi connectivity index (χ1v) is 6.06. The van der Waals surface area contributed by atoms with E-state index in [2.05, 4.69) is 27.7 Å². The Bertz CT molecular complexity index is 101. The lowest BCUT2D eigenvalue weighted by molar-refractivity contribution is 0.137. The normalized spacial score (nSPS) is 16.1. The third kappa shape index (κ3) is 8.37. The second kappa shape index (κ2) is 5.17. The van der Waals surface area contributed by atoms with Crippen LogP contribution in [0.4, 0.5) is 0 Å². The van der Waals surface area contributed by atoms with Crippen molar-refractivity contribution in [2.45, 2.75) is 51.1 Å². The van der Waals surface area contributed by atoms with Crippen LogP contribution in [-0.4, -0.2) is 20.4 Å². The molecule has 0 saturated carbocycles. The largest absolute Gasteiger partial charge is 0.418 e. The molecule has 3 heteroatoms. The van der Waals surface area contributed by atoms with Gasteiger partial charge >= 0.3 is 0 Å². The Kier molecular flexibility index (Phi) is 5.39. The van der Waals surface area contributed by atoms with E-state index in [0.29, 0.717) is 5.00 Å². The predicted octanol–water partition coefficient (Wildman–Crippen LogP) is 2.25. The Hall–Kier alpha value is 0.467. The van der Waals surface area contributed by atoms with E-state index >= 15 is 0 Å². The van der Waals surface area contributed by atoms with Crippen molar-refractivity contribution in [1.82, 2.24) is 0 Å². The molecular formula is C8H19ClOSi. The van der Waals surface area contributed by atoms with Crippen molar-refractivity contribution in [2.75, 3.05) is 0 Å². The van der Waals surface area contributed by atoms with Crippen molar-refractivity contribution in [2.24, 2.45) is 0 Å². The molecule has 0 heterocycles. The number of rotatable bonds is 4. The summed E-state index contributed by atoms with van der Waals surface area (Å²) in [6, 6.07) is 0. The van der Waals surface area contributed by atoms with E-state index in [9.17, 15) is 0 Å². The van der Waals surface area contributed by atoms with Crippen LogP contribution in [0.2, 0.25) is 0 Å². The average Bonchev–Trinajstić information content (AvgIpc) is 1.83. The average molecular weight is 195 g/mol. The van der Waals surface area contributed by atoms with Gasteiger partial charge in [0.1, 0.15) is 0 Å².